The van der Waals surface area contributed by atoms with Crippen molar-refractivity contribution in [2.45, 2.75) is 12.4 Å². The minimum atomic E-state index is -4.55. The molecule has 2 aromatic carbocycles. The summed E-state index contributed by atoms with van der Waals surface area (Å²) in [4.78, 5) is 0. The fourth-order valence-corrected chi connectivity index (χ4v) is 3.09. The molecule has 4 aromatic rings. The van der Waals surface area contributed by atoms with E-state index >= 15 is 0 Å². The molecule has 8 nitrogen and oxygen atoms in total. The standard InChI is InChI=1S/C22H10F6N8/c23-21(24,25)15-1-5-17(6-2-15)35-19(13(9-29)11-31-35)33-34-20-14(10-30)12-32-36(20)18-7-3-16(4-8-18)22(26,27)28/h1-8,11-12H/b34-33+. The summed E-state index contributed by atoms with van der Waals surface area (Å²) in [5.74, 6) is -0.303. The van der Waals surface area contributed by atoms with E-state index in [1.165, 1.54) is 0 Å². The summed E-state index contributed by atoms with van der Waals surface area (Å²) in [6.07, 6.45) is -6.84. The molecule has 0 aliphatic rings. The highest BCUT2D eigenvalue weighted by atomic mass is 19.4. The van der Waals surface area contributed by atoms with Gasteiger partial charge in [-0.15, -0.1) is 10.2 Å². The lowest BCUT2D eigenvalue weighted by Gasteiger charge is -2.09. The lowest BCUT2D eigenvalue weighted by molar-refractivity contribution is -0.138. The van der Waals surface area contributed by atoms with Crippen LogP contribution in [0.4, 0.5) is 38.0 Å². The van der Waals surface area contributed by atoms with Crippen molar-refractivity contribution in [2.75, 3.05) is 0 Å². The van der Waals surface area contributed by atoms with Crippen LogP contribution < -0.4 is 0 Å². The summed E-state index contributed by atoms with van der Waals surface area (Å²) >= 11 is 0. The Morgan fingerprint density at radius 1 is 0.611 bits per heavy atom. The molecule has 2 heterocycles. The number of nitrogens with zero attached hydrogens (tertiary/aromatic N) is 8. The second-order valence-electron chi connectivity index (χ2n) is 7.10. The minimum absolute atomic E-state index is 0.0715. The number of benzene rings is 2. The van der Waals surface area contributed by atoms with E-state index in [9.17, 15) is 36.9 Å². The van der Waals surface area contributed by atoms with Gasteiger partial charge in [-0.1, -0.05) is 0 Å². The van der Waals surface area contributed by atoms with Crippen LogP contribution in [0.15, 0.2) is 71.2 Å². The van der Waals surface area contributed by atoms with E-state index in [2.05, 4.69) is 20.4 Å². The molecule has 0 spiro atoms. The molecule has 0 aliphatic heterocycles. The average Bonchev–Trinajstić information content (AvgIpc) is 3.45. The molecular weight excluding hydrogens is 490 g/mol. The van der Waals surface area contributed by atoms with E-state index in [4.69, 9.17) is 0 Å². The van der Waals surface area contributed by atoms with Crippen molar-refractivity contribution in [2.24, 2.45) is 10.2 Å². The zero-order chi connectivity index (χ0) is 26.1. The van der Waals surface area contributed by atoms with Crippen molar-refractivity contribution in [3.63, 3.8) is 0 Å². The van der Waals surface area contributed by atoms with Gasteiger partial charge in [-0.2, -0.15) is 47.1 Å². The molecule has 180 valence electrons. The van der Waals surface area contributed by atoms with Crippen molar-refractivity contribution in [1.82, 2.24) is 19.6 Å². The Balaban J connectivity index is 1.75. The molecule has 0 aliphatic carbocycles. The molecule has 0 amide bonds. The first kappa shape index (κ1) is 24.2. The van der Waals surface area contributed by atoms with E-state index in [-0.39, 0.29) is 34.1 Å². The summed E-state index contributed by atoms with van der Waals surface area (Å²) in [6.45, 7) is 0. The predicted molar refractivity (Wildman–Crippen MR) is 111 cm³/mol. The SMILES string of the molecule is N#Cc1cnn(-c2ccc(C(F)(F)F)cc2)c1/N=N/c1c(C#N)cnn1-c1ccc(C(F)(F)F)cc1. The lowest BCUT2D eigenvalue weighted by Crippen LogP contribution is -2.05. The smallest absolute Gasteiger partial charge is 0.212 e. The van der Waals surface area contributed by atoms with Gasteiger partial charge in [0.1, 0.15) is 23.3 Å². The highest BCUT2D eigenvalue weighted by Crippen LogP contribution is 2.33. The van der Waals surface area contributed by atoms with Crippen molar-refractivity contribution in [1.29, 1.82) is 10.5 Å². The molecule has 36 heavy (non-hydrogen) atoms. The van der Waals surface area contributed by atoms with E-state index < -0.39 is 23.5 Å². The number of nitriles is 2. The van der Waals surface area contributed by atoms with Crippen LogP contribution in [-0.4, -0.2) is 19.6 Å². The molecule has 0 saturated carbocycles. The first-order chi connectivity index (χ1) is 17.0. The average molecular weight is 500 g/mol. The summed E-state index contributed by atoms with van der Waals surface area (Å²) in [5, 5.41) is 34.7. The zero-order valence-corrected chi connectivity index (χ0v) is 17.6. The Labute approximate surface area is 198 Å². The van der Waals surface area contributed by atoms with Crippen LogP contribution in [0.1, 0.15) is 22.3 Å². The number of halogens is 6. The Morgan fingerprint density at radius 2 is 0.944 bits per heavy atom. The van der Waals surface area contributed by atoms with Crippen LogP contribution in [0.2, 0.25) is 0 Å². The molecule has 0 N–H and O–H groups in total. The fourth-order valence-electron chi connectivity index (χ4n) is 3.09. The number of azo groups is 1. The van der Waals surface area contributed by atoms with E-state index in [0.717, 1.165) is 70.3 Å². The number of alkyl halides is 6. The van der Waals surface area contributed by atoms with Crippen molar-refractivity contribution in [3.05, 3.63) is 83.2 Å². The molecule has 14 heteroatoms. The van der Waals surface area contributed by atoms with E-state index in [1.54, 1.807) is 0 Å². The molecule has 2 aromatic heterocycles. The first-order valence-electron chi connectivity index (χ1n) is 9.76. The van der Waals surface area contributed by atoms with Crippen LogP contribution >= 0.6 is 0 Å². The lowest BCUT2D eigenvalue weighted by atomic mass is 10.2. The van der Waals surface area contributed by atoms with Crippen LogP contribution in [-0.2, 0) is 12.4 Å². The van der Waals surface area contributed by atoms with Gasteiger partial charge in [-0.3, -0.25) is 0 Å². The van der Waals surface area contributed by atoms with Gasteiger partial charge >= 0.3 is 12.4 Å². The van der Waals surface area contributed by atoms with Crippen LogP contribution in [0.25, 0.3) is 11.4 Å². The topological polar surface area (TPSA) is 108 Å². The quantitative estimate of drug-likeness (QED) is 0.244. The fraction of sp³-hybridized carbons (Fsp3) is 0.0909. The van der Waals surface area contributed by atoms with Crippen LogP contribution in [0.5, 0.6) is 0 Å². The summed E-state index contributed by atoms with van der Waals surface area (Å²) < 4.78 is 79.4. The van der Waals surface area contributed by atoms with Crippen LogP contribution in [0.3, 0.4) is 0 Å². The third-order valence-corrected chi connectivity index (χ3v) is 4.85. The van der Waals surface area contributed by atoms with Gasteiger partial charge in [-0.25, -0.2) is 9.36 Å². The van der Waals surface area contributed by atoms with Gasteiger partial charge in [0.05, 0.1) is 34.9 Å². The third-order valence-electron chi connectivity index (χ3n) is 4.85. The maximum Gasteiger partial charge on any atom is 0.416 e. The van der Waals surface area contributed by atoms with Gasteiger partial charge in [-0.05, 0) is 48.5 Å². The van der Waals surface area contributed by atoms with E-state index in [1.807, 2.05) is 12.1 Å². The molecule has 0 saturated heterocycles. The highest BCUT2D eigenvalue weighted by molar-refractivity contribution is 5.55. The Hall–Kier alpha value is -4.98. The van der Waals surface area contributed by atoms with Gasteiger partial charge in [0.2, 0.25) is 0 Å². The molecule has 0 unspecified atom stereocenters. The first-order valence-corrected chi connectivity index (χ1v) is 9.76. The number of rotatable bonds is 4. The Bertz CT molecular complexity index is 1400. The highest BCUT2D eigenvalue weighted by Gasteiger charge is 2.31. The number of hydrogen-bond acceptors (Lipinski definition) is 6. The number of aromatic nitrogens is 4. The molecule has 0 radical (unpaired) electrons. The van der Waals surface area contributed by atoms with Crippen LogP contribution in [0, 0.1) is 22.7 Å². The Kier molecular flexibility index (Phi) is 6.03. The summed E-state index contributed by atoms with van der Waals surface area (Å²) in [5.41, 5.74) is -1.62. The van der Waals surface area contributed by atoms with Crippen molar-refractivity contribution in [3.8, 4) is 23.5 Å². The second kappa shape index (κ2) is 8.99. The molecular formula is C22H10F6N8. The van der Waals surface area contributed by atoms with Gasteiger partial charge in [0.25, 0.3) is 0 Å². The van der Waals surface area contributed by atoms with Gasteiger partial charge in [0.15, 0.2) is 11.6 Å². The third kappa shape index (κ3) is 4.65. The molecule has 0 atom stereocenters. The van der Waals surface area contributed by atoms with Gasteiger partial charge in [0, 0.05) is 0 Å². The second-order valence-corrected chi connectivity index (χ2v) is 7.10. The van der Waals surface area contributed by atoms with Crippen molar-refractivity contribution >= 4 is 11.6 Å². The predicted octanol–water partition coefficient (Wildman–Crippen LogP) is 6.25. The Morgan fingerprint density at radius 3 is 1.22 bits per heavy atom. The van der Waals surface area contributed by atoms with Gasteiger partial charge < -0.3 is 0 Å². The maximum absolute atomic E-state index is 12.9. The zero-order valence-electron chi connectivity index (χ0n) is 17.6. The molecule has 0 fully saturated rings. The normalized spacial score (nSPS) is 12.0. The monoisotopic (exact) mass is 500 g/mol. The maximum atomic E-state index is 12.9. The largest absolute Gasteiger partial charge is 0.416 e. The molecule has 0 bridgehead atoms. The van der Waals surface area contributed by atoms with Crippen molar-refractivity contribution < 1.29 is 26.3 Å². The summed E-state index contributed by atoms with van der Waals surface area (Å²) in [6, 6.07) is 11.5. The minimum Gasteiger partial charge on any atom is -0.212 e. The summed E-state index contributed by atoms with van der Waals surface area (Å²) in [7, 11) is 0. The molecule has 4 rings (SSSR count). The number of hydrogen-bond donors (Lipinski definition) is 0. The van der Waals surface area contributed by atoms with E-state index in [0.29, 0.717) is 0 Å².